The maximum absolute atomic E-state index is 12.4. The smallest absolute Gasteiger partial charge is 0.277 e. The van der Waals surface area contributed by atoms with E-state index in [9.17, 15) is 4.79 Å². The zero-order valence-electron chi connectivity index (χ0n) is 15.5. The Labute approximate surface area is 165 Å². The summed E-state index contributed by atoms with van der Waals surface area (Å²) < 4.78 is 22.4. The average Bonchev–Trinajstić information content (AvgIpc) is 3.34. The minimum atomic E-state index is -0.215. The molecule has 0 bridgehead atoms. The van der Waals surface area contributed by atoms with Crippen LogP contribution < -0.4 is 9.47 Å². The maximum atomic E-state index is 12.4. The number of aryl methyl sites for hydroxylation is 1. The van der Waals surface area contributed by atoms with Gasteiger partial charge in [0.15, 0.2) is 17.6 Å². The number of hydrogen-bond donors (Lipinski definition) is 0. The third-order valence-electron chi connectivity index (χ3n) is 4.29. The fourth-order valence-electron chi connectivity index (χ4n) is 2.78. The van der Waals surface area contributed by atoms with Crippen LogP contribution in [0.25, 0.3) is 11.5 Å². The molecule has 1 atom stereocenters. The Morgan fingerprint density at radius 2 is 2.07 bits per heavy atom. The zero-order valence-corrected chi connectivity index (χ0v) is 16.3. The number of aromatic nitrogens is 2. The Balaban J connectivity index is 1.28. The highest BCUT2D eigenvalue weighted by Gasteiger charge is 2.24. The number of hydrogen-bond acceptors (Lipinski definition) is 8. The number of carbonyl (C=O) groups is 1. The summed E-state index contributed by atoms with van der Waals surface area (Å²) in [7, 11) is 1.74. The van der Waals surface area contributed by atoms with Crippen molar-refractivity contribution in [3.8, 4) is 23.0 Å². The molecule has 0 radical (unpaired) electrons. The van der Waals surface area contributed by atoms with E-state index < -0.39 is 0 Å². The number of nitrogens with zero attached hydrogens (tertiary/aromatic N) is 3. The van der Waals surface area contributed by atoms with Crippen LogP contribution in [0, 0.1) is 6.92 Å². The number of fused-ring (bicyclic) bond motifs is 1. The van der Waals surface area contributed by atoms with E-state index >= 15 is 0 Å². The molecule has 0 N–H and O–H groups in total. The Kier molecular flexibility index (Phi) is 5.25. The zero-order chi connectivity index (χ0) is 19.5. The number of benzene rings is 1. The van der Waals surface area contributed by atoms with Gasteiger partial charge in [-0.25, -0.2) is 0 Å². The molecule has 146 valence electrons. The lowest BCUT2D eigenvalue weighted by Crippen LogP contribution is -2.42. The molecular weight excluding hydrogens is 382 g/mol. The standard InChI is InChI=1S/C19H19N3O5S/c1-12-14(7-8-24-12)18-20-21-19(27-18)28-11-17(23)22(2)9-13-10-25-15-5-3-4-6-16(15)26-13/h3-8,13H,9-11H2,1-2H3/t13-/m1/s1. The molecule has 1 aliphatic rings. The van der Waals surface area contributed by atoms with Gasteiger partial charge in [-0.1, -0.05) is 23.9 Å². The summed E-state index contributed by atoms with van der Waals surface area (Å²) in [5.41, 5.74) is 0.748. The Morgan fingerprint density at radius 1 is 1.25 bits per heavy atom. The Hall–Kier alpha value is -2.94. The van der Waals surface area contributed by atoms with Crippen molar-refractivity contribution in [2.24, 2.45) is 0 Å². The van der Waals surface area contributed by atoms with Gasteiger partial charge in [0.25, 0.3) is 11.1 Å². The van der Waals surface area contributed by atoms with Gasteiger partial charge in [0.2, 0.25) is 5.91 Å². The van der Waals surface area contributed by atoms with Gasteiger partial charge in [-0.3, -0.25) is 4.79 Å². The summed E-state index contributed by atoms with van der Waals surface area (Å²) >= 11 is 1.20. The molecule has 0 saturated carbocycles. The van der Waals surface area contributed by atoms with E-state index in [1.54, 1.807) is 24.3 Å². The van der Waals surface area contributed by atoms with Crippen LogP contribution in [0.3, 0.4) is 0 Å². The molecule has 0 spiro atoms. The highest BCUT2D eigenvalue weighted by molar-refractivity contribution is 7.99. The predicted molar refractivity (Wildman–Crippen MR) is 101 cm³/mol. The Morgan fingerprint density at radius 3 is 2.86 bits per heavy atom. The van der Waals surface area contributed by atoms with Gasteiger partial charge in [-0.15, -0.1) is 10.2 Å². The molecule has 1 aliphatic heterocycles. The van der Waals surface area contributed by atoms with Crippen molar-refractivity contribution in [3.63, 3.8) is 0 Å². The highest BCUT2D eigenvalue weighted by atomic mass is 32.2. The second-order valence-corrected chi connectivity index (χ2v) is 7.25. The minimum absolute atomic E-state index is 0.0632. The lowest BCUT2D eigenvalue weighted by atomic mass is 10.2. The predicted octanol–water partition coefficient (Wildman–Crippen LogP) is 3.03. The van der Waals surface area contributed by atoms with Crippen molar-refractivity contribution in [1.82, 2.24) is 15.1 Å². The number of para-hydroxylation sites is 2. The molecule has 0 saturated heterocycles. The van der Waals surface area contributed by atoms with Crippen molar-refractivity contribution >= 4 is 17.7 Å². The first-order valence-electron chi connectivity index (χ1n) is 8.73. The molecule has 4 rings (SSSR count). The fraction of sp³-hybridized carbons (Fsp3) is 0.316. The molecule has 0 aliphatic carbocycles. The van der Waals surface area contributed by atoms with Crippen LogP contribution >= 0.6 is 11.8 Å². The van der Waals surface area contributed by atoms with Crippen molar-refractivity contribution in [1.29, 1.82) is 0 Å². The molecule has 3 aromatic rings. The molecule has 1 amide bonds. The Bertz CT molecular complexity index is 970. The molecule has 3 heterocycles. The van der Waals surface area contributed by atoms with Crippen LogP contribution in [0.4, 0.5) is 0 Å². The van der Waals surface area contributed by atoms with E-state index in [2.05, 4.69) is 10.2 Å². The fourth-order valence-corrected chi connectivity index (χ4v) is 3.48. The number of amides is 1. The monoisotopic (exact) mass is 401 g/mol. The molecule has 28 heavy (non-hydrogen) atoms. The van der Waals surface area contributed by atoms with E-state index in [0.717, 1.165) is 11.3 Å². The van der Waals surface area contributed by atoms with Crippen LogP contribution in [-0.4, -0.2) is 53.1 Å². The number of thioether (sulfide) groups is 1. The van der Waals surface area contributed by atoms with Gasteiger partial charge in [0.1, 0.15) is 12.4 Å². The first kappa shape index (κ1) is 18.4. The summed E-state index contributed by atoms with van der Waals surface area (Å²) in [4.78, 5) is 14.0. The number of carbonyl (C=O) groups excluding carboxylic acids is 1. The van der Waals surface area contributed by atoms with Gasteiger partial charge >= 0.3 is 0 Å². The molecule has 9 heteroatoms. The summed E-state index contributed by atoms with van der Waals surface area (Å²) in [6.07, 6.45) is 1.35. The number of likely N-dealkylation sites (N-methyl/N-ethyl adjacent to an activating group) is 1. The van der Waals surface area contributed by atoms with E-state index in [1.807, 2.05) is 31.2 Å². The van der Waals surface area contributed by atoms with Gasteiger partial charge < -0.3 is 23.2 Å². The van der Waals surface area contributed by atoms with Gasteiger partial charge in [0, 0.05) is 7.05 Å². The summed E-state index contributed by atoms with van der Waals surface area (Å²) in [5.74, 6) is 2.62. The van der Waals surface area contributed by atoms with Crippen LogP contribution in [0.1, 0.15) is 5.76 Å². The van der Waals surface area contributed by atoms with Gasteiger partial charge in [0.05, 0.1) is 24.1 Å². The SMILES string of the molecule is Cc1occc1-c1nnc(SCC(=O)N(C)C[C@@H]2COc3ccccc3O2)o1. The van der Waals surface area contributed by atoms with Crippen molar-refractivity contribution in [3.05, 3.63) is 42.4 Å². The van der Waals surface area contributed by atoms with Crippen LogP contribution in [0.15, 0.2) is 50.7 Å². The summed E-state index contributed by atoms with van der Waals surface area (Å²) in [6.45, 7) is 2.65. The maximum Gasteiger partial charge on any atom is 0.277 e. The third kappa shape index (κ3) is 3.99. The number of furan rings is 1. The second-order valence-electron chi connectivity index (χ2n) is 6.32. The van der Waals surface area contributed by atoms with Crippen LogP contribution in [0.5, 0.6) is 11.5 Å². The van der Waals surface area contributed by atoms with E-state index in [-0.39, 0.29) is 17.8 Å². The molecule has 2 aromatic heterocycles. The van der Waals surface area contributed by atoms with E-state index in [0.29, 0.717) is 35.8 Å². The third-order valence-corrected chi connectivity index (χ3v) is 5.09. The van der Waals surface area contributed by atoms with Gasteiger partial charge in [-0.2, -0.15) is 0 Å². The molecule has 1 aromatic carbocycles. The van der Waals surface area contributed by atoms with Crippen LogP contribution in [0.2, 0.25) is 0 Å². The second kappa shape index (κ2) is 7.97. The van der Waals surface area contributed by atoms with Gasteiger partial charge in [-0.05, 0) is 25.1 Å². The first-order valence-corrected chi connectivity index (χ1v) is 9.72. The average molecular weight is 401 g/mol. The molecule has 0 fully saturated rings. The largest absolute Gasteiger partial charge is 0.486 e. The minimum Gasteiger partial charge on any atom is -0.486 e. The normalized spacial score (nSPS) is 15.4. The lowest BCUT2D eigenvalue weighted by Gasteiger charge is -2.29. The first-order chi connectivity index (χ1) is 13.6. The number of rotatable bonds is 6. The van der Waals surface area contributed by atoms with Crippen molar-refractivity contribution in [2.45, 2.75) is 18.3 Å². The van der Waals surface area contributed by atoms with E-state index in [4.69, 9.17) is 18.3 Å². The van der Waals surface area contributed by atoms with Crippen molar-refractivity contribution in [2.75, 3.05) is 26.0 Å². The topological polar surface area (TPSA) is 90.8 Å². The summed E-state index contributed by atoms with van der Waals surface area (Å²) in [5, 5.41) is 8.31. The molecule has 0 unspecified atom stereocenters. The van der Waals surface area contributed by atoms with E-state index in [1.165, 1.54) is 11.8 Å². The number of ether oxygens (including phenoxy) is 2. The highest BCUT2D eigenvalue weighted by Crippen LogP contribution is 2.31. The molecule has 8 nitrogen and oxygen atoms in total. The van der Waals surface area contributed by atoms with Crippen molar-refractivity contribution < 1.29 is 23.1 Å². The van der Waals surface area contributed by atoms with Crippen LogP contribution in [-0.2, 0) is 4.79 Å². The summed E-state index contributed by atoms with van der Waals surface area (Å²) in [6, 6.07) is 9.27. The lowest BCUT2D eigenvalue weighted by molar-refractivity contribution is -0.128. The molecular formula is C19H19N3O5S. The quantitative estimate of drug-likeness (QED) is 0.582.